The van der Waals surface area contributed by atoms with Crippen LogP contribution in [0.25, 0.3) is 0 Å². The topological polar surface area (TPSA) is 49.4 Å². The van der Waals surface area contributed by atoms with Crippen molar-refractivity contribution in [3.05, 3.63) is 69.9 Å². The number of rotatable bonds is 4. The van der Waals surface area contributed by atoms with E-state index in [1.54, 1.807) is 17.0 Å². The maximum Gasteiger partial charge on any atom is 0.256 e. The van der Waals surface area contributed by atoms with E-state index in [1.807, 2.05) is 12.1 Å². The third kappa shape index (κ3) is 4.12. The van der Waals surface area contributed by atoms with E-state index in [0.29, 0.717) is 31.8 Å². The fraction of sp³-hybridized carbons (Fsp3) is 0.364. The fourth-order valence-electron chi connectivity index (χ4n) is 3.90. The molecule has 4 rings (SSSR count). The number of nitrogens with one attached hydrogen (secondary N) is 1. The second kappa shape index (κ2) is 8.03. The summed E-state index contributed by atoms with van der Waals surface area (Å²) in [6.45, 7) is 1.05. The molecule has 2 aromatic rings. The van der Waals surface area contributed by atoms with Crippen LogP contribution < -0.4 is 5.32 Å². The molecule has 1 saturated carbocycles. The van der Waals surface area contributed by atoms with Crippen molar-refractivity contribution < 1.29 is 14.0 Å². The first kappa shape index (κ1) is 19.1. The monoisotopic (exact) mass is 444 g/mol. The van der Waals surface area contributed by atoms with E-state index in [9.17, 15) is 14.0 Å². The molecule has 2 aliphatic rings. The van der Waals surface area contributed by atoms with Gasteiger partial charge in [-0.2, -0.15) is 0 Å². The lowest BCUT2D eigenvalue weighted by atomic mass is 10.0. The molecule has 0 aromatic heterocycles. The molecule has 1 heterocycles. The summed E-state index contributed by atoms with van der Waals surface area (Å²) < 4.78 is 14.9. The van der Waals surface area contributed by atoms with Gasteiger partial charge in [0.25, 0.3) is 5.91 Å². The molecule has 2 unspecified atom stereocenters. The second-order valence-electron chi connectivity index (χ2n) is 7.56. The molecule has 2 fully saturated rings. The standard InChI is InChI=1S/C22H22BrFN2O2/c23-15-7-5-14(6-8-15)18-13-19(18)21(27)25-16-9-11-26(12-10-16)22(28)17-3-1-2-4-20(17)24/h1-8,16,18-19H,9-13H2,(H,25,27). The van der Waals surface area contributed by atoms with E-state index in [0.717, 1.165) is 10.9 Å². The zero-order chi connectivity index (χ0) is 19.7. The number of halogens is 2. The summed E-state index contributed by atoms with van der Waals surface area (Å²) in [5.74, 6) is -0.321. The Bertz CT molecular complexity index is 878. The molecule has 28 heavy (non-hydrogen) atoms. The number of hydrogen-bond donors (Lipinski definition) is 1. The number of benzene rings is 2. The zero-order valence-electron chi connectivity index (χ0n) is 15.4. The van der Waals surface area contributed by atoms with Gasteiger partial charge in [-0.1, -0.05) is 40.2 Å². The van der Waals surface area contributed by atoms with Gasteiger partial charge in [-0.3, -0.25) is 9.59 Å². The minimum atomic E-state index is -0.490. The zero-order valence-corrected chi connectivity index (χ0v) is 17.0. The Labute approximate surface area is 172 Å². The summed E-state index contributed by atoms with van der Waals surface area (Å²) in [4.78, 5) is 26.7. The minimum Gasteiger partial charge on any atom is -0.353 e. The molecule has 146 valence electrons. The summed E-state index contributed by atoms with van der Waals surface area (Å²) in [5.41, 5.74) is 1.31. The van der Waals surface area contributed by atoms with Crippen molar-refractivity contribution in [3.8, 4) is 0 Å². The summed E-state index contributed by atoms with van der Waals surface area (Å²) in [6.07, 6.45) is 2.28. The Hall–Kier alpha value is -2.21. The predicted molar refractivity (Wildman–Crippen MR) is 108 cm³/mol. The molecule has 0 radical (unpaired) electrons. The van der Waals surface area contributed by atoms with Crippen LogP contribution in [0.4, 0.5) is 4.39 Å². The molecule has 2 amide bonds. The molecular formula is C22H22BrFN2O2. The third-order valence-electron chi connectivity index (χ3n) is 5.66. The molecule has 1 N–H and O–H groups in total. The molecule has 0 spiro atoms. The quantitative estimate of drug-likeness (QED) is 0.770. The van der Waals surface area contributed by atoms with E-state index in [4.69, 9.17) is 0 Å². The van der Waals surface area contributed by atoms with Crippen molar-refractivity contribution in [2.24, 2.45) is 5.92 Å². The van der Waals surface area contributed by atoms with Gasteiger partial charge in [0, 0.05) is 29.5 Å². The van der Waals surface area contributed by atoms with E-state index < -0.39 is 5.82 Å². The van der Waals surface area contributed by atoms with E-state index in [-0.39, 0.29) is 29.3 Å². The highest BCUT2D eigenvalue weighted by molar-refractivity contribution is 9.10. The number of nitrogens with zero attached hydrogens (tertiary/aromatic N) is 1. The van der Waals surface area contributed by atoms with Crippen LogP contribution in [0.5, 0.6) is 0 Å². The van der Waals surface area contributed by atoms with Crippen molar-refractivity contribution in [2.45, 2.75) is 31.2 Å². The molecule has 4 nitrogen and oxygen atoms in total. The normalized spacial score (nSPS) is 22.0. The fourth-order valence-corrected chi connectivity index (χ4v) is 4.17. The van der Waals surface area contributed by atoms with Gasteiger partial charge in [-0.25, -0.2) is 4.39 Å². The summed E-state index contributed by atoms with van der Waals surface area (Å²) in [6, 6.07) is 14.3. The van der Waals surface area contributed by atoms with Crippen LogP contribution in [-0.2, 0) is 4.79 Å². The first-order valence-corrected chi connectivity index (χ1v) is 10.4. The summed E-state index contributed by atoms with van der Waals surface area (Å²) in [7, 11) is 0. The molecule has 6 heteroatoms. The van der Waals surface area contributed by atoms with Crippen molar-refractivity contribution in [1.29, 1.82) is 0 Å². The highest BCUT2D eigenvalue weighted by Gasteiger charge is 2.44. The van der Waals surface area contributed by atoms with Gasteiger partial charge in [-0.05, 0) is 55.0 Å². The smallest absolute Gasteiger partial charge is 0.256 e. The average molecular weight is 445 g/mol. The van der Waals surface area contributed by atoms with Crippen LogP contribution in [-0.4, -0.2) is 35.8 Å². The lowest BCUT2D eigenvalue weighted by Crippen LogP contribution is -2.47. The molecular weight excluding hydrogens is 423 g/mol. The van der Waals surface area contributed by atoms with Gasteiger partial charge < -0.3 is 10.2 Å². The molecule has 0 bridgehead atoms. The third-order valence-corrected chi connectivity index (χ3v) is 6.19. The molecule has 1 aliphatic carbocycles. The highest BCUT2D eigenvalue weighted by Crippen LogP contribution is 2.47. The van der Waals surface area contributed by atoms with Crippen molar-refractivity contribution in [2.75, 3.05) is 13.1 Å². The lowest BCUT2D eigenvalue weighted by molar-refractivity contribution is -0.123. The average Bonchev–Trinajstić information content (AvgIpc) is 3.50. The number of carbonyl (C=O) groups is 2. The van der Waals surface area contributed by atoms with E-state index >= 15 is 0 Å². The Morgan fingerprint density at radius 1 is 1.04 bits per heavy atom. The van der Waals surface area contributed by atoms with Gasteiger partial charge >= 0.3 is 0 Å². The van der Waals surface area contributed by atoms with Gasteiger partial charge in [0.15, 0.2) is 0 Å². The lowest BCUT2D eigenvalue weighted by Gasteiger charge is -2.32. The van der Waals surface area contributed by atoms with Crippen molar-refractivity contribution in [3.63, 3.8) is 0 Å². The predicted octanol–water partition coefficient (Wildman–Crippen LogP) is 4.11. The molecule has 1 aliphatic heterocycles. The Morgan fingerprint density at radius 2 is 1.71 bits per heavy atom. The van der Waals surface area contributed by atoms with Crippen LogP contribution in [0.3, 0.4) is 0 Å². The highest BCUT2D eigenvalue weighted by atomic mass is 79.9. The van der Waals surface area contributed by atoms with E-state index in [2.05, 4.69) is 33.4 Å². The number of hydrogen-bond acceptors (Lipinski definition) is 2. The summed E-state index contributed by atoms with van der Waals surface area (Å²) >= 11 is 3.43. The van der Waals surface area contributed by atoms with Crippen LogP contribution >= 0.6 is 15.9 Å². The first-order valence-electron chi connectivity index (χ1n) is 9.62. The van der Waals surface area contributed by atoms with Gasteiger partial charge in [-0.15, -0.1) is 0 Å². The number of piperidine rings is 1. The van der Waals surface area contributed by atoms with Crippen LogP contribution in [0.1, 0.15) is 41.1 Å². The Morgan fingerprint density at radius 3 is 2.39 bits per heavy atom. The Kier molecular flexibility index (Phi) is 5.49. The van der Waals surface area contributed by atoms with Gasteiger partial charge in [0.2, 0.25) is 5.91 Å². The second-order valence-corrected chi connectivity index (χ2v) is 8.47. The molecule has 2 aromatic carbocycles. The molecule has 1 saturated heterocycles. The maximum atomic E-state index is 13.8. The number of amides is 2. The maximum absolute atomic E-state index is 13.8. The van der Waals surface area contributed by atoms with E-state index in [1.165, 1.54) is 17.7 Å². The minimum absolute atomic E-state index is 0.0410. The van der Waals surface area contributed by atoms with Gasteiger partial charge in [0.05, 0.1) is 5.56 Å². The molecule has 2 atom stereocenters. The van der Waals surface area contributed by atoms with Crippen LogP contribution in [0.15, 0.2) is 53.0 Å². The number of carbonyl (C=O) groups excluding carboxylic acids is 2. The number of likely N-dealkylation sites (tertiary alicyclic amines) is 1. The Balaban J connectivity index is 1.27. The summed E-state index contributed by atoms with van der Waals surface area (Å²) in [5, 5.41) is 3.14. The van der Waals surface area contributed by atoms with Crippen LogP contribution in [0.2, 0.25) is 0 Å². The SMILES string of the molecule is O=C(NC1CCN(C(=O)c2ccccc2F)CC1)C1CC1c1ccc(Br)cc1. The van der Waals surface area contributed by atoms with Gasteiger partial charge in [0.1, 0.15) is 5.82 Å². The van der Waals surface area contributed by atoms with Crippen molar-refractivity contribution >= 4 is 27.7 Å². The van der Waals surface area contributed by atoms with Crippen LogP contribution in [0, 0.1) is 11.7 Å². The largest absolute Gasteiger partial charge is 0.353 e. The van der Waals surface area contributed by atoms with Crippen molar-refractivity contribution in [1.82, 2.24) is 10.2 Å². The first-order chi connectivity index (χ1) is 13.5.